The Morgan fingerprint density at radius 2 is 2.35 bits per heavy atom. The lowest BCUT2D eigenvalue weighted by molar-refractivity contribution is 0.00973. The Bertz CT molecular complexity index is 359. The molecule has 6 nitrogen and oxygen atoms in total. The van der Waals surface area contributed by atoms with Gasteiger partial charge in [0, 0.05) is 26.1 Å². The third-order valence-corrected chi connectivity index (χ3v) is 2.94. The highest BCUT2D eigenvalue weighted by molar-refractivity contribution is 4.98. The van der Waals surface area contributed by atoms with Crippen LogP contribution in [0.1, 0.15) is 25.6 Å². The standard InChI is InChI=1S/C11H19N3O3/c1-11(2,15-3)10-13-9(17-14-10)6-8-7-16-5-4-12-8/h8,12H,4-7H2,1-3H3. The van der Waals surface area contributed by atoms with E-state index in [4.69, 9.17) is 14.0 Å². The zero-order valence-corrected chi connectivity index (χ0v) is 10.5. The molecule has 1 atom stereocenters. The smallest absolute Gasteiger partial charge is 0.228 e. The van der Waals surface area contributed by atoms with Crippen LogP contribution in [0, 0.1) is 0 Å². The van der Waals surface area contributed by atoms with Crippen molar-refractivity contribution in [2.45, 2.75) is 31.9 Å². The van der Waals surface area contributed by atoms with Crippen molar-refractivity contribution in [3.8, 4) is 0 Å². The van der Waals surface area contributed by atoms with Crippen molar-refractivity contribution in [2.24, 2.45) is 0 Å². The molecule has 2 rings (SSSR count). The molecule has 1 saturated heterocycles. The largest absolute Gasteiger partial charge is 0.378 e. The van der Waals surface area contributed by atoms with Crippen molar-refractivity contribution in [3.63, 3.8) is 0 Å². The Morgan fingerprint density at radius 3 is 3.00 bits per heavy atom. The molecule has 0 spiro atoms. The average Bonchev–Trinajstić information content (AvgIpc) is 2.80. The lowest BCUT2D eigenvalue weighted by Crippen LogP contribution is -2.42. The highest BCUT2D eigenvalue weighted by Gasteiger charge is 2.27. The molecular weight excluding hydrogens is 222 g/mol. The quantitative estimate of drug-likeness (QED) is 0.827. The summed E-state index contributed by atoms with van der Waals surface area (Å²) in [6.07, 6.45) is 0.687. The van der Waals surface area contributed by atoms with Crippen LogP contribution < -0.4 is 5.32 Å². The number of nitrogens with one attached hydrogen (secondary N) is 1. The monoisotopic (exact) mass is 241 g/mol. The molecule has 0 radical (unpaired) electrons. The van der Waals surface area contributed by atoms with Crippen molar-refractivity contribution < 1.29 is 14.0 Å². The summed E-state index contributed by atoms with van der Waals surface area (Å²) in [6, 6.07) is 0.253. The highest BCUT2D eigenvalue weighted by Crippen LogP contribution is 2.20. The van der Waals surface area contributed by atoms with Gasteiger partial charge in [0.2, 0.25) is 11.7 Å². The van der Waals surface area contributed by atoms with Crippen LogP contribution in [-0.2, 0) is 21.5 Å². The molecule has 6 heteroatoms. The van der Waals surface area contributed by atoms with Gasteiger partial charge in [0.25, 0.3) is 0 Å². The van der Waals surface area contributed by atoms with E-state index in [1.54, 1.807) is 7.11 Å². The van der Waals surface area contributed by atoms with Crippen LogP contribution in [-0.4, -0.2) is 43.1 Å². The van der Waals surface area contributed by atoms with Crippen molar-refractivity contribution >= 4 is 0 Å². The molecule has 1 aliphatic heterocycles. The molecule has 0 saturated carbocycles. The van der Waals surface area contributed by atoms with Gasteiger partial charge in [-0.1, -0.05) is 5.16 Å². The minimum atomic E-state index is -0.516. The van der Waals surface area contributed by atoms with Crippen molar-refractivity contribution in [1.29, 1.82) is 0 Å². The van der Waals surface area contributed by atoms with Crippen LogP contribution in [0.5, 0.6) is 0 Å². The first-order valence-electron chi connectivity index (χ1n) is 5.81. The third kappa shape index (κ3) is 3.02. The van der Waals surface area contributed by atoms with Crippen molar-refractivity contribution in [1.82, 2.24) is 15.5 Å². The molecule has 1 aromatic heterocycles. The summed E-state index contributed by atoms with van der Waals surface area (Å²) in [7, 11) is 1.63. The zero-order valence-electron chi connectivity index (χ0n) is 10.5. The molecule has 1 aliphatic rings. The predicted molar refractivity (Wildman–Crippen MR) is 60.6 cm³/mol. The van der Waals surface area contributed by atoms with Crippen LogP contribution in [0.25, 0.3) is 0 Å². The number of nitrogens with zero attached hydrogens (tertiary/aromatic N) is 2. The molecule has 0 bridgehead atoms. The molecule has 0 amide bonds. The maximum Gasteiger partial charge on any atom is 0.228 e. The minimum absolute atomic E-state index is 0.253. The van der Waals surface area contributed by atoms with E-state index in [2.05, 4.69) is 15.5 Å². The van der Waals surface area contributed by atoms with E-state index in [9.17, 15) is 0 Å². The lowest BCUT2D eigenvalue weighted by Gasteiger charge is -2.22. The van der Waals surface area contributed by atoms with E-state index in [1.807, 2.05) is 13.8 Å². The zero-order chi connectivity index (χ0) is 12.3. The first kappa shape index (κ1) is 12.5. The van der Waals surface area contributed by atoms with Gasteiger partial charge >= 0.3 is 0 Å². The maximum absolute atomic E-state index is 5.37. The van der Waals surface area contributed by atoms with Crippen molar-refractivity contribution in [3.05, 3.63) is 11.7 Å². The predicted octanol–water partition coefficient (Wildman–Crippen LogP) is 0.482. The number of aromatic nitrogens is 2. The average molecular weight is 241 g/mol. The summed E-state index contributed by atoms with van der Waals surface area (Å²) in [5.41, 5.74) is -0.516. The Hall–Kier alpha value is -0.980. The van der Waals surface area contributed by atoms with Gasteiger partial charge in [0.15, 0.2) is 0 Å². The molecule has 0 aliphatic carbocycles. The van der Waals surface area contributed by atoms with Gasteiger partial charge in [-0.3, -0.25) is 0 Å². The fourth-order valence-corrected chi connectivity index (χ4v) is 1.64. The van der Waals surface area contributed by atoms with Gasteiger partial charge in [-0.2, -0.15) is 4.98 Å². The van der Waals surface area contributed by atoms with Crippen molar-refractivity contribution in [2.75, 3.05) is 26.9 Å². The van der Waals surface area contributed by atoms with E-state index in [0.717, 1.165) is 13.2 Å². The van der Waals surface area contributed by atoms with Crippen LogP contribution in [0.15, 0.2) is 4.52 Å². The Kier molecular flexibility index (Phi) is 3.76. The molecule has 0 aromatic carbocycles. The molecule has 2 heterocycles. The first-order chi connectivity index (χ1) is 8.12. The minimum Gasteiger partial charge on any atom is -0.378 e. The highest BCUT2D eigenvalue weighted by atomic mass is 16.5. The van der Waals surface area contributed by atoms with Gasteiger partial charge in [-0.15, -0.1) is 0 Å². The summed E-state index contributed by atoms with van der Waals surface area (Å²) < 4.78 is 15.9. The number of methoxy groups -OCH3 is 1. The summed E-state index contributed by atoms with van der Waals surface area (Å²) in [4.78, 5) is 4.35. The fourth-order valence-electron chi connectivity index (χ4n) is 1.64. The molecule has 1 N–H and O–H groups in total. The Labute approximate surface area is 101 Å². The molecule has 1 unspecified atom stereocenters. The van der Waals surface area contributed by atoms with Crippen LogP contribution in [0.3, 0.4) is 0 Å². The van der Waals surface area contributed by atoms with E-state index < -0.39 is 5.60 Å². The molecule has 1 aromatic rings. The van der Waals surface area contributed by atoms with Gasteiger partial charge in [0.05, 0.1) is 13.2 Å². The number of rotatable bonds is 4. The molecule has 1 fully saturated rings. The second kappa shape index (κ2) is 5.12. The molecular formula is C11H19N3O3. The van der Waals surface area contributed by atoms with Gasteiger partial charge < -0.3 is 19.3 Å². The second-order valence-electron chi connectivity index (χ2n) is 4.66. The number of ether oxygens (including phenoxy) is 2. The van der Waals surface area contributed by atoms with E-state index in [0.29, 0.717) is 24.7 Å². The molecule has 17 heavy (non-hydrogen) atoms. The van der Waals surface area contributed by atoms with Crippen LogP contribution >= 0.6 is 0 Å². The summed E-state index contributed by atoms with van der Waals surface area (Å²) in [6.45, 7) is 6.14. The van der Waals surface area contributed by atoms with E-state index >= 15 is 0 Å². The Balaban J connectivity index is 1.98. The lowest BCUT2D eigenvalue weighted by atomic mass is 10.1. The first-order valence-corrected chi connectivity index (χ1v) is 5.81. The summed E-state index contributed by atoms with van der Waals surface area (Å²) >= 11 is 0. The SMILES string of the molecule is COC(C)(C)c1noc(CC2COCCN2)n1. The summed E-state index contributed by atoms with van der Waals surface area (Å²) in [5, 5.41) is 7.29. The van der Waals surface area contributed by atoms with Crippen LogP contribution in [0.4, 0.5) is 0 Å². The number of morpholine rings is 1. The van der Waals surface area contributed by atoms with Gasteiger partial charge in [-0.25, -0.2) is 0 Å². The van der Waals surface area contributed by atoms with Gasteiger partial charge in [0.1, 0.15) is 5.60 Å². The number of hydrogen-bond acceptors (Lipinski definition) is 6. The third-order valence-electron chi connectivity index (χ3n) is 2.94. The van der Waals surface area contributed by atoms with Crippen LogP contribution in [0.2, 0.25) is 0 Å². The van der Waals surface area contributed by atoms with Gasteiger partial charge in [-0.05, 0) is 13.8 Å². The summed E-state index contributed by atoms with van der Waals surface area (Å²) in [5.74, 6) is 1.19. The second-order valence-corrected chi connectivity index (χ2v) is 4.66. The van der Waals surface area contributed by atoms with E-state index in [-0.39, 0.29) is 6.04 Å². The normalized spacial score (nSPS) is 21.7. The number of hydrogen-bond donors (Lipinski definition) is 1. The molecule has 96 valence electrons. The Morgan fingerprint density at radius 1 is 1.53 bits per heavy atom. The maximum atomic E-state index is 5.37. The fraction of sp³-hybridized carbons (Fsp3) is 0.818. The topological polar surface area (TPSA) is 69.4 Å². The van der Waals surface area contributed by atoms with E-state index in [1.165, 1.54) is 0 Å².